The standard InChI is InChI=1S/C20H23ClN4O3/c1-13-6-7-14(11-17(13)21)23-20(27)25-10-8-15(12-25)28-18-16(5-4-9-22-18)19(26)24(2)3/h4-7,9,11,15H,8,10,12H2,1-3H3,(H,23,27). The highest BCUT2D eigenvalue weighted by Gasteiger charge is 2.29. The van der Waals surface area contributed by atoms with Crippen LogP contribution in [0.1, 0.15) is 22.3 Å². The van der Waals surface area contributed by atoms with E-state index < -0.39 is 0 Å². The molecule has 1 aromatic heterocycles. The first-order valence-electron chi connectivity index (χ1n) is 9.00. The summed E-state index contributed by atoms with van der Waals surface area (Å²) >= 11 is 6.11. The molecule has 7 nitrogen and oxygen atoms in total. The minimum Gasteiger partial charge on any atom is -0.472 e. The second-order valence-electron chi connectivity index (χ2n) is 6.92. The lowest BCUT2D eigenvalue weighted by molar-refractivity contribution is 0.0818. The molecule has 3 rings (SSSR count). The minimum absolute atomic E-state index is 0.174. The van der Waals surface area contributed by atoms with E-state index in [0.717, 1.165) is 5.56 Å². The van der Waals surface area contributed by atoms with Crippen LogP contribution in [0, 0.1) is 6.92 Å². The fourth-order valence-corrected chi connectivity index (χ4v) is 3.11. The number of ether oxygens (including phenoxy) is 1. The molecule has 1 saturated heterocycles. The number of anilines is 1. The van der Waals surface area contributed by atoms with E-state index in [4.69, 9.17) is 16.3 Å². The number of hydrogen-bond donors (Lipinski definition) is 1. The molecule has 0 bridgehead atoms. The first-order valence-corrected chi connectivity index (χ1v) is 9.38. The molecule has 1 aromatic carbocycles. The van der Waals surface area contributed by atoms with Crippen molar-refractivity contribution in [2.24, 2.45) is 0 Å². The van der Waals surface area contributed by atoms with Gasteiger partial charge in [0, 0.05) is 44.0 Å². The second kappa shape index (κ2) is 8.48. The van der Waals surface area contributed by atoms with Crippen molar-refractivity contribution in [3.63, 3.8) is 0 Å². The maximum Gasteiger partial charge on any atom is 0.321 e. The molecular weight excluding hydrogens is 380 g/mol. The maximum absolute atomic E-state index is 12.5. The van der Waals surface area contributed by atoms with Crippen LogP contribution in [0.5, 0.6) is 5.88 Å². The number of aryl methyl sites for hydroxylation is 1. The molecule has 1 unspecified atom stereocenters. The Labute approximate surface area is 169 Å². The Balaban J connectivity index is 1.62. The Morgan fingerprint density at radius 2 is 2.11 bits per heavy atom. The van der Waals surface area contributed by atoms with Gasteiger partial charge in [0.2, 0.25) is 5.88 Å². The Morgan fingerprint density at radius 1 is 1.32 bits per heavy atom. The molecule has 3 amide bonds. The number of likely N-dealkylation sites (tertiary alicyclic amines) is 1. The first-order chi connectivity index (χ1) is 13.3. The number of amides is 3. The third kappa shape index (κ3) is 4.54. The molecule has 0 aliphatic carbocycles. The summed E-state index contributed by atoms with van der Waals surface area (Å²) in [6.45, 7) is 2.88. The van der Waals surface area contributed by atoms with E-state index in [0.29, 0.717) is 41.7 Å². The molecule has 0 saturated carbocycles. The van der Waals surface area contributed by atoms with Gasteiger partial charge in [0.05, 0.1) is 6.54 Å². The van der Waals surface area contributed by atoms with Crippen molar-refractivity contribution < 1.29 is 14.3 Å². The summed E-state index contributed by atoms with van der Waals surface area (Å²) in [5, 5.41) is 3.46. The monoisotopic (exact) mass is 402 g/mol. The van der Waals surface area contributed by atoms with Crippen LogP contribution < -0.4 is 10.1 Å². The number of halogens is 1. The topological polar surface area (TPSA) is 74.8 Å². The predicted octanol–water partition coefficient (Wildman–Crippen LogP) is 3.43. The first kappa shape index (κ1) is 19.9. The highest BCUT2D eigenvalue weighted by Crippen LogP contribution is 2.23. The number of urea groups is 1. The van der Waals surface area contributed by atoms with Gasteiger partial charge in [0.25, 0.3) is 5.91 Å². The van der Waals surface area contributed by atoms with Gasteiger partial charge in [-0.15, -0.1) is 0 Å². The molecule has 1 aliphatic rings. The third-order valence-electron chi connectivity index (χ3n) is 4.54. The SMILES string of the molecule is Cc1ccc(NC(=O)N2CCC(Oc3ncccc3C(=O)N(C)C)C2)cc1Cl. The normalized spacial score (nSPS) is 16.0. The number of nitrogens with zero attached hydrogens (tertiary/aromatic N) is 3. The molecule has 0 radical (unpaired) electrons. The van der Waals surface area contributed by atoms with Crippen LogP contribution in [-0.4, -0.2) is 60.0 Å². The lowest BCUT2D eigenvalue weighted by atomic mass is 10.2. The van der Waals surface area contributed by atoms with Gasteiger partial charge in [-0.05, 0) is 36.8 Å². The molecule has 1 aliphatic heterocycles. The van der Waals surface area contributed by atoms with Crippen LogP contribution in [0.4, 0.5) is 10.5 Å². The molecule has 1 fully saturated rings. The number of hydrogen-bond acceptors (Lipinski definition) is 4. The van der Waals surface area contributed by atoms with Gasteiger partial charge in [-0.1, -0.05) is 17.7 Å². The molecule has 148 valence electrons. The van der Waals surface area contributed by atoms with Crippen molar-refractivity contribution in [2.45, 2.75) is 19.4 Å². The lowest BCUT2D eigenvalue weighted by Gasteiger charge is -2.19. The predicted molar refractivity (Wildman–Crippen MR) is 108 cm³/mol. The van der Waals surface area contributed by atoms with Gasteiger partial charge >= 0.3 is 6.03 Å². The van der Waals surface area contributed by atoms with Crippen LogP contribution in [0.3, 0.4) is 0 Å². The molecule has 28 heavy (non-hydrogen) atoms. The highest BCUT2D eigenvalue weighted by atomic mass is 35.5. The average molecular weight is 403 g/mol. The number of carbonyl (C=O) groups is 2. The average Bonchev–Trinajstić information content (AvgIpc) is 3.13. The number of benzene rings is 1. The van der Waals surface area contributed by atoms with Gasteiger partial charge in [-0.2, -0.15) is 0 Å². The summed E-state index contributed by atoms with van der Waals surface area (Å²) in [6.07, 6.45) is 2.02. The van der Waals surface area contributed by atoms with Gasteiger partial charge in [-0.3, -0.25) is 4.79 Å². The summed E-state index contributed by atoms with van der Waals surface area (Å²) in [5.41, 5.74) is 2.01. The summed E-state index contributed by atoms with van der Waals surface area (Å²) < 4.78 is 5.94. The van der Waals surface area contributed by atoms with Crippen molar-refractivity contribution in [1.82, 2.24) is 14.8 Å². The zero-order valence-corrected chi connectivity index (χ0v) is 16.9. The van der Waals surface area contributed by atoms with Crippen molar-refractivity contribution in [3.8, 4) is 5.88 Å². The van der Waals surface area contributed by atoms with E-state index in [2.05, 4.69) is 10.3 Å². The Morgan fingerprint density at radius 3 is 2.82 bits per heavy atom. The largest absolute Gasteiger partial charge is 0.472 e. The van der Waals surface area contributed by atoms with Gasteiger partial charge in [0.15, 0.2) is 0 Å². The number of nitrogens with one attached hydrogen (secondary N) is 1. The number of carbonyl (C=O) groups excluding carboxylic acids is 2. The van der Waals surface area contributed by atoms with Crippen LogP contribution in [0.2, 0.25) is 5.02 Å². The Hall–Kier alpha value is -2.80. The molecule has 2 aromatic rings. The van der Waals surface area contributed by atoms with Crippen molar-refractivity contribution in [1.29, 1.82) is 0 Å². The minimum atomic E-state index is -0.226. The van der Waals surface area contributed by atoms with E-state index in [1.807, 2.05) is 19.1 Å². The quantitative estimate of drug-likeness (QED) is 0.850. The summed E-state index contributed by atoms with van der Waals surface area (Å²) in [6, 6.07) is 8.58. The van der Waals surface area contributed by atoms with Crippen LogP contribution in [0.15, 0.2) is 36.5 Å². The fourth-order valence-electron chi connectivity index (χ4n) is 2.93. The van der Waals surface area contributed by atoms with E-state index in [1.54, 1.807) is 43.4 Å². The van der Waals surface area contributed by atoms with Crippen molar-refractivity contribution >= 4 is 29.2 Å². The molecule has 1 N–H and O–H groups in total. The molecule has 2 heterocycles. The molecule has 0 spiro atoms. The van der Waals surface area contributed by atoms with E-state index >= 15 is 0 Å². The smallest absolute Gasteiger partial charge is 0.321 e. The second-order valence-corrected chi connectivity index (χ2v) is 7.33. The van der Waals surface area contributed by atoms with Crippen molar-refractivity contribution in [3.05, 3.63) is 52.7 Å². The number of aromatic nitrogens is 1. The van der Waals surface area contributed by atoms with Gasteiger partial charge in [0.1, 0.15) is 11.7 Å². The van der Waals surface area contributed by atoms with Crippen LogP contribution in [0.25, 0.3) is 0 Å². The Kier molecular flexibility index (Phi) is 6.04. The van der Waals surface area contributed by atoms with Crippen LogP contribution >= 0.6 is 11.6 Å². The maximum atomic E-state index is 12.5. The fraction of sp³-hybridized carbons (Fsp3) is 0.350. The number of pyridine rings is 1. The van der Waals surface area contributed by atoms with E-state index in [9.17, 15) is 9.59 Å². The zero-order valence-electron chi connectivity index (χ0n) is 16.1. The van der Waals surface area contributed by atoms with Gasteiger partial charge in [-0.25, -0.2) is 9.78 Å². The zero-order chi connectivity index (χ0) is 20.3. The summed E-state index contributed by atoms with van der Waals surface area (Å²) in [7, 11) is 3.36. The third-order valence-corrected chi connectivity index (χ3v) is 4.95. The number of rotatable bonds is 4. The van der Waals surface area contributed by atoms with E-state index in [-0.39, 0.29) is 18.0 Å². The van der Waals surface area contributed by atoms with Gasteiger partial charge < -0.3 is 19.9 Å². The molecule has 8 heteroatoms. The Bertz CT molecular complexity index is 888. The highest BCUT2D eigenvalue weighted by molar-refractivity contribution is 6.31. The molecule has 1 atom stereocenters. The lowest BCUT2D eigenvalue weighted by Crippen LogP contribution is -2.34. The van der Waals surface area contributed by atoms with Crippen LogP contribution in [-0.2, 0) is 0 Å². The van der Waals surface area contributed by atoms with E-state index in [1.165, 1.54) is 4.90 Å². The summed E-state index contributed by atoms with van der Waals surface area (Å²) in [5.74, 6) is 0.116. The molecular formula is C20H23ClN4O3. The van der Waals surface area contributed by atoms with Crippen molar-refractivity contribution in [2.75, 3.05) is 32.5 Å². The summed E-state index contributed by atoms with van der Waals surface area (Å²) in [4.78, 5) is 32.2.